The van der Waals surface area contributed by atoms with E-state index in [1.165, 1.54) is 4.90 Å². The lowest BCUT2D eigenvalue weighted by Gasteiger charge is -2.20. The average molecular weight is 279 g/mol. The minimum atomic E-state index is -0.557. The summed E-state index contributed by atoms with van der Waals surface area (Å²) >= 11 is 5.90. The third kappa shape index (κ3) is 2.00. The van der Waals surface area contributed by atoms with E-state index >= 15 is 0 Å². The maximum atomic E-state index is 12.0. The van der Waals surface area contributed by atoms with Gasteiger partial charge in [-0.3, -0.25) is 14.4 Å². The van der Waals surface area contributed by atoms with Crippen molar-refractivity contribution >= 4 is 34.9 Å². The van der Waals surface area contributed by atoms with Crippen LogP contribution in [0.3, 0.4) is 0 Å². The highest BCUT2D eigenvalue weighted by atomic mass is 35.5. The van der Waals surface area contributed by atoms with Crippen molar-refractivity contribution in [3.63, 3.8) is 0 Å². The fraction of sp³-hybridized carbons (Fsp3) is 0.308. The standard InChI is InChI=1S/C13H11ClN2O3/c14-7-1-3-9-10(5-7)16(13(19)12(9)18)6-8-2-4-11(17)15-8/h1,3,5,8H,2,4,6H2,(H,15,17). The predicted molar refractivity (Wildman–Crippen MR) is 69.3 cm³/mol. The quantitative estimate of drug-likeness (QED) is 0.825. The van der Waals surface area contributed by atoms with E-state index < -0.39 is 11.7 Å². The Balaban J connectivity index is 1.90. The monoisotopic (exact) mass is 278 g/mol. The Morgan fingerprint density at radius 3 is 2.79 bits per heavy atom. The third-order valence-electron chi connectivity index (χ3n) is 3.42. The molecule has 2 heterocycles. The van der Waals surface area contributed by atoms with E-state index in [9.17, 15) is 14.4 Å². The molecule has 0 spiro atoms. The highest BCUT2D eigenvalue weighted by molar-refractivity contribution is 6.52. The zero-order valence-corrected chi connectivity index (χ0v) is 10.7. The number of anilines is 1. The van der Waals surface area contributed by atoms with Crippen LogP contribution in [-0.2, 0) is 9.59 Å². The zero-order valence-electron chi connectivity index (χ0n) is 9.98. The summed E-state index contributed by atoms with van der Waals surface area (Å²) in [6.45, 7) is 0.309. The van der Waals surface area contributed by atoms with Crippen molar-refractivity contribution in [3.05, 3.63) is 28.8 Å². The van der Waals surface area contributed by atoms with Gasteiger partial charge in [0, 0.05) is 24.0 Å². The molecule has 1 aromatic carbocycles. The van der Waals surface area contributed by atoms with E-state index in [4.69, 9.17) is 11.6 Å². The molecule has 6 heteroatoms. The van der Waals surface area contributed by atoms with Crippen molar-refractivity contribution in [2.24, 2.45) is 0 Å². The summed E-state index contributed by atoms with van der Waals surface area (Å²) in [5, 5.41) is 3.26. The molecule has 1 N–H and O–H groups in total. The molecule has 19 heavy (non-hydrogen) atoms. The number of fused-ring (bicyclic) bond motifs is 1. The molecule has 1 atom stereocenters. The smallest absolute Gasteiger partial charge is 0.299 e. The summed E-state index contributed by atoms with van der Waals surface area (Å²) < 4.78 is 0. The fourth-order valence-corrected chi connectivity index (χ4v) is 2.65. The molecule has 1 aromatic rings. The molecule has 0 aliphatic carbocycles. The van der Waals surface area contributed by atoms with Crippen LogP contribution in [0, 0.1) is 0 Å². The van der Waals surface area contributed by atoms with Crippen LogP contribution in [-0.4, -0.2) is 30.2 Å². The number of hydrogen-bond acceptors (Lipinski definition) is 3. The molecule has 0 saturated carbocycles. The molecule has 5 nitrogen and oxygen atoms in total. The number of ketones is 1. The maximum Gasteiger partial charge on any atom is 0.299 e. The summed E-state index contributed by atoms with van der Waals surface area (Å²) in [6.07, 6.45) is 1.13. The van der Waals surface area contributed by atoms with Crippen molar-refractivity contribution in [3.8, 4) is 0 Å². The van der Waals surface area contributed by atoms with E-state index in [1.54, 1.807) is 18.2 Å². The van der Waals surface area contributed by atoms with Crippen LogP contribution in [0.1, 0.15) is 23.2 Å². The Bertz CT molecular complexity index is 600. The van der Waals surface area contributed by atoms with Gasteiger partial charge in [-0.2, -0.15) is 0 Å². The number of carbonyl (C=O) groups is 3. The number of nitrogens with one attached hydrogen (secondary N) is 1. The van der Waals surface area contributed by atoms with Crippen molar-refractivity contribution in [2.75, 3.05) is 11.4 Å². The SMILES string of the molecule is O=C1CCC(CN2C(=O)C(=O)c3ccc(Cl)cc32)N1. The zero-order chi connectivity index (χ0) is 13.6. The van der Waals surface area contributed by atoms with E-state index in [0.717, 1.165) is 0 Å². The van der Waals surface area contributed by atoms with Crippen molar-refractivity contribution in [1.29, 1.82) is 0 Å². The predicted octanol–water partition coefficient (Wildman–Crippen LogP) is 1.15. The minimum Gasteiger partial charge on any atom is -0.352 e. The molecule has 2 amide bonds. The number of nitrogens with zero attached hydrogens (tertiary/aromatic N) is 1. The molecule has 0 bridgehead atoms. The van der Waals surface area contributed by atoms with Crippen LogP contribution >= 0.6 is 11.6 Å². The second-order valence-corrected chi connectivity index (χ2v) is 5.15. The summed E-state index contributed by atoms with van der Waals surface area (Å²) in [5.41, 5.74) is 0.905. The molecular formula is C13H11ClN2O3. The molecule has 3 rings (SSSR count). The summed E-state index contributed by atoms with van der Waals surface area (Å²) in [5.74, 6) is -1.09. The molecular weight excluding hydrogens is 268 g/mol. The minimum absolute atomic E-state index is 0.0192. The lowest BCUT2D eigenvalue weighted by Crippen LogP contribution is -2.41. The number of amides is 2. The number of halogens is 1. The van der Waals surface area contributed by atoms with Gasteiger partial charge in [-0.15, -0.1) is 0 Å². The maximum absolute atomic E-state index is 12.0. The average Bonchev–Trinajstić information content (AvgIpc) is 2.88. The first kappa shape index (κ1) is 12.2. The van der Waals surface area contributed by atoms with Crippen LogP contribution in [0.4, 0.5) is 5.69 Å². The van der Waals surface area contributed by atoms with Crippen molar-refractivity contribution < 1.29 is 14.4 Å². The topological polar surface area (TPSA) is 66.5 Å². The van der Waals surface area contributed by atoms with Crippen molar-refractivity contribution in [1.82, 2.24) is 5.32 Å². The molecule has 0 radical (unpaired) electrons. The molecule has 1 saturated heterocycles. The summed E-state index contributed by atoms with van der Waals surface area (Å²) in [6, 6.07) is 4.66. The molecule has 98 valence electrons. The van der Waals surface area contributed by atoms with Gasteiger partial charge in [-0.1, -0.05) is 11.6 Å². The Morgan fingerprint density at radius 2 is 2.11 bits per heavy atom. The number of hydrogen-bond donors (Lipinski definition) is 1. The van der Waals surface area contributed by atoms with Gasteiger partial charge in [0.15, 0.2) is 0 Å². The molecule has 1 unspecified atom stereocenters. The summed E-state index contributed by atoms with van der Waals surface area (Å²) in [7, 11) is 0. The highest BCUT2D eigenvalue weighted by Crippen LogP contribution is 2.32. The molecule has 0 aromatic heterocycles. The first-order chi connectivity index (χ1) is 9.06. The Hall–Kier alpha value is -1.88. The first-order valence-corrected chi connectivity index (χ1v) is 6.39. The lowest BCUT2D eigenvalue weighted by molar-refractivity contribution is -0.119. The third-order valence-corrected chi connectivity index (χ3v) is 3.66. The van der Waals surface area contributed by atoms with Gasteiger partial charge in [0.2, 0.25) is 5.91 Å². The molecule has 1 fully saturated rings. The first-order valence-electron chi connectivity index (χ1n) is 6.01. The van der Waals surface area contributed by atoms with E-state index in [-0.39, 0.29) is 11.9 Å². The molecule has 2 aliphatic heterocycles. The van der Waals surface area contributed by atoms with E-state index in [2.05, 4.69) is 5.32 Å². The Kier molecular flexibility index (Phi) is 2.78. The number of carbonyl (C=O) groups excluding carboxylic acids is 3. The van der Waals surface area contributed by atoms with Gasteiger partial charge in [0.25, 0.3) is 11.7 Å². The van der Waals surface area contributed by atoms with Gasteiger partial charge in [-0.25, -0.2) is 0 Å². The summed E-state index contributed by atoms with van der Waals surface area (Å²) in [4.78, 5) is 36.4. The number of rotatable bonds is 2. The molecule has 2 aliphatic rings. The van der Waals surface area contributed by atoms with Gasteiger partial charge >= 0.3 is 0 Å². The van der Waals surface area contributed by atoms with Crippen LogP contribution in [0.5, 0.6) is 0 Å². The highest BCUT2D eigenvalue weighted by Gasteiger charge is 2.37. The Morgan fingerprint density at radius 1 is 1.32 bits per heavy atom. The second kappa shape index (κ2) is 4.35. The van der Waals surface area contributed by atoms with E-state index in [0.29, 0.717) is 35.7 Å². The van der Waals surface area contributed by atoms with Gasteiger partial charge < -0.3 is 10.2 Å². The lowest BCUT2D eigenvalue weighted by atomic mass is 10.1. The largest absolute Gasteiger partial charge is 0.352 e. The van der Waals surface area contributed by atoms with Crippen molar-refractivity contribution in [2.45, 2.75) is 18.9 Å². The van der Waals surface area contributed by atoms with Gasteiger partial charge in [0.05, 0.1) is 11.3 Å². The van der Waals surface area contributed by atoms with E-state index in [1.807, 2.05) is 0 Å². The van der Waals surface area contributed by atoms with Crippen LogP contribution in [0.15, 0.2) is 18.2 Å². The number of Topliss-reactive ketones (excluding diaryl/α,β-unsaturated/α-hetero) is 1. The second-order valence-electron chi connectivity index (χ2n) is 4.71. The van der Waals surface area contributed by atoms with Crippen LogP contribution < -0.4 is 10.2 Å². The Labute approximate surface area is 114 Å². The van der Waals surface area contributed by atoms with Crippen LogP contribution in [0.25, 0.3) is 0 Å². The number of benzene rings is 1. The van der Waals surface area contributed by atoms with Crippen LogP contribution in [0.2, 0.25) is 5.02 Å². The fourth-order valence-electron chi connectivity index (χ4n) is 2.48. The van der Waals surface area contributed by atoms with Gasteiger partial charge in [0.1, 0.15) is 0 Å². The normalized spacial score (nSPS) is 21.8. The van der Waals surface area contributed by atoms with Gasteiger partial charge in [-0.05, 0) is 24.6 Å².